The summed E-state index contributed by atoms with van der Waals surface area (Å²) in [6, 6.07) is 0. The van der Waals surface area contributed by atoms with Crippen LogP contribution in [-0.4, -0.2) is 30.3 Å². The quantitative estimate of drug-likeness (QED) is 0.172. The molecule has 0 aliphatic heterocycles. The highest BCUT2D eigenvalue weighted by atomic mass is 19.4. The Morgan fingerprint density at radius 1 is 1.56 bits per heavy atom. The predicted molar refractivity (Wildman–Crippen MR) is 62.4 cm³/mol. The van der Waals surface area contributed by atoms with E-state index in [2.05, 4.69) is 16.5 Å². The Hall–Kier alpha value is -1.24. The van der Waals surface area contributed by atoms with Gasteiger partial charge in [-0.2, -0.15) is 13.2 Å². The van der Waals surface area contributed by atoms with Crippen LogP contribution in [0.2, 0.25) is 0 Å². The largest absolute Gasteiger partial charge is 0.409 e. The van der Waals surface area contributed by atoms with Gasteiger partial charge in [0.25, 0.3) is 0 Å². The Morgan fingerprint density at radius 2 is 2.28 bits per heavy atom. The molecule has 4 nitrogen and oxygen atoms in total. The van der Waals surface area contributed by atoms with Crippen LogP contribution in [0.3, 0.4) is 0 Å². The highest BCUT2D eigenvalue weighted by Gasteiger charge is 2.42. The van der Waals surface area contributed by atoms with Gasteiger partial charge in [0, 0.05) is 6.54 Å². The van der Waals surface area contributed by atoms with Gasteiger partial charge in [-0.15, -0.1) is 0 Å². The second kappa shape index (κ2) is 6.63. The number of nitrogens with one attached hydrogen (secondary N) is 1. The van der Waals surface area contributed by atoms with Crippen molar-refractivity contribution in [1.29, 1.82) is 0 Å². The minimum Gasteiger partial charge on any atom is -0.409 e. The normalized spacial score (nSPS) is 18.8. The number of nitrogens with two attached hydrogens (primary N) is 1. The van der Waals surface area contributed by atoms with Crippen molar-refractivity contribution in [3.8, 4) is 0 Å². The Kier molecular flexibility index (Phi) is 5.46. The summed E-state index contributed by atoms with van der Waals surface area (Å²) in [4.78, 5) is 0. The Bertz CT molecular complexity index is 326. The van der Waals surface area contributed by atoms with Gasteiger partial charge >= 0.3 is 6.18 Å². The Morgan fingerprint density at radius 3 is 2.78 bits per heavy atom. The highest BCUT2D eigenvalue weighted by molar-refractivity contribution is 5.83. The highest BCUT2D eigenvalue weighted by Crippen LogP contribution is 2.26. The van der Waals surface area contributed by atoms with E-state index in [-0.39, 0.29) is 6.54 Å². The maximum absolute atomic E-state index is 12.6. The van der Waals surface area contributed by atoms with E-state index in [1.54, 1.807) is 0 Å². The molecule has 0 aromatic carbocycles. The molecular weight excluding hydrogens is 247 g/mol. The van der Waals surface area contributed by atoms with Crippen molar-refractivity contribution in [1.82, 2.24) is 5.32 Å². The molecule has 0 aromatic rings. The molecule has 1 unspecified atom stereocenters. The van der Waals surface area contributed by atoms with Gasteiger partial charge in [0.15, 0.2) is 5.84 Å². The lowest BCUT2D eigenvalue weighted by Crippen LogP contribution is -2.43. The van der Waals surface area contributed by atoms with Crippen molar-refractivity contribution < 1.29 is 18.4 Å². The number of hydrogen-bond donors (Lipinski definition) is 3. The first-order chi connectivity index (χ1) is 8.45. The lowest BCUT2D eigenvalue weighted by Gasteiger charge is -2.19. The topological polar surface area (TPSA) is 70.6 Å². The lowest BCUT2D eigenvalue weighted by molar-refractivity contribution is -0.154. The van der Waals surface area contributed by atoms with Crippen LogP contribution in [0.15, 0.2) is 16.8 Å². The minimum atomic E-state index is -4.50. The molecule has 0 saturated carbocycles. The van der Waals surface area contributed by atoms with Crippen LogP contribution >= 0.6 is 0 Å². The number of rotatable bonds is 6. The molecule has 0 fully saturated rings. The molecule has 1 atom stereocenters. The van der Waals surface area contributed by atoms with E-state index in [0.29, 0.717) is 6.54 Å². The van der Waals surface area contributed by atoms with Crippen LogP contribution in [0.1, 0.15) is 25.7 Å². The van der Waals surface area contributed by atoms with Crippen molar-refractivity contribution >= 4 is 5.84 Å². The third kappa shape index (κ3) is 4.56. The fourth-order valence-electron chi connectivity index (χ4n) is 1.92. The van der Waals surface area contributed by atoms with Gasteiger partial charge in [-0.05, 0) is 32.2 Å². The van der Waals surface area contributed by atoms with E-state index in [1.807, 2.05) is 0 Å². The van der Waals surface area contributed by atoms with E-state index in [9.17, 15) is 13.2 Å². The second-order valence-electron chi connectivity index (χ2n) is 4.33. The molecular formula is C11H18F3N3O. The number of alkyl halides is 3. The van der Waals surface area contributed by atoms with Gasteiger partial charge in [0.05, 0.1) is 0 Å². The molecule has 0 aromatic heterocycles. The first-order valence-corrected chi connectivity index (χ1v) is 5.88. The summed E-state index contributed by atoms with van der Waals surface area (Å²) in [6.07, 6.45) is 1.60. The van der Waals surface area contributed by atoms with Crippen molar-refractivity contribution in [2.45, 2.75) is 31.9 Å². The van der Waals surface area contributed by atoms with E-state index in [1.165, 1.54) is 5.57 Å². The summed E-state index contributed by atoms with van der Waals surface area (Å²) < 4.78 is 37.7. The van der Waals surface area contributed by atoms with E-state index in [4.69, 9.17) is 10.9 Å². The molecule has 1 aliphatic rings. The van der Waals surface area contributed by atoms with Crippen LogP contribution in [0.5, 0.6) is 0 Å². The molecule has 0 amide bonds. The summed E-state index contributed by atoms with van der Waals surface area (Å²) in [5.74, 6) is -2.75. The van der Waals surface area contributed by atoms with Crippen molar-refractivity contribution in [2.24, 2.45) is 16.8 Å². The monoisotopic (exact) mass is 265 g/mol. The molecule has 0 heterocycles. The van der Waals surface area contributed by atoms with Crippen LogP contribution in [0.25, 0.3) is 0 Å². The Balaban J connectivity index is 2.33. The van der Waals surface area contributed by atoms with Gasteiger partial charge in [0.2, 0.25) is 0 Å². The van der Waals surface area contributed by atoms with Crippen LogP contribution in [0, 0.1) is 5.92 Å². The first kappa shape index (κ1) is 14.8. The maximum Gasteiger partial charge on any atom is 0.400 e. The number of amidine groups is 1. The van der Waals surface area contributed by atoms with Gasteiger partial charge in [-0.25, -0.2) is 0 Å². The zero-order valence-corrected chi connectivity index (χ0v) is 10.0. The zero-order chi connectivity index (χ0) is 13.6. The summed E-state index contributed by atoms with van der Waals surface area (Å²) >= 11 is 0. The molecule has 0 saturated heterocycles. The molecule has 1 aliphatic carbocycles. The summed E-state index contributed by atoms with van der Waals surface area (Å²) in [5.41, 5.74) is 6.32. The average Bonchev–Trinajstić information content (AvgIpc) is 2.79. The molecule has 4 N–H and O–H groups in total. The average molecular weight is 265 g/mol. The van der Waals surface area contributed by atoms with Gasteiger partial charge in [-0.3, -0.25) is 0 Å². The SMILES string of the molecule is NC(=NO)C(CNCCC1=CCCC1)C(F)(F)F. The number of oxime groups is 1. The predicted octanol–water partition coefficient (Wildman–Crippen LogP) is 2.00. The number of hydrogen-bond acceptors (Lipinski definition) is 3. The summed E-state index contributed by atoms with van der Waals surface area (Å²) in [6.45, 7) is 0.101. The first-order valence-electron chi connectivity index (χ1n) is 5.88. The summed E-state index contributed by atoms with van der Waals surface area (Å²) in [5, 5.41) is 13.5. The lowest BCUT2D eigenvalue weighted by atomic mass is 10.1. The number of halogens is 3. The third-order valence-corrected chi connectivity index (χ3v) is 2.97. The fraction of sp³-hybridized carbons (Fsp3) is 0.727. The Labute approximate surface area is 104 Å². The smallest absolute Gasteiger partial charge is 0.400 e. The van der Waals surface area contributed by atoms with Crippen molar-refractivity contribution in [2.75, 3.05) is 13.1 Å². The third-order valence-electron chi connectivity index (χ3n) is 2.97. The van der Waals surface area contributed by atoms with Crippen LogP contribution in [-0.2, 0) is 0 Å². The molecule has 104 valence electrons. The van der Waals surface area contributed by atoms with Crippen LogP contribution < -0.4 is 11.1 Å². The van der Waals surface area contributed by atoms with Crippen molar-refractivity contribution in [3.63, 3.8) is 0 Å². The van der Waals surface area contributed by atoms with E-state index in [0.717, 1.165) is 25.7 Å². The van der Waals surface area contributed by atoms with Gasteiger partial charge < -0.3 is 16.3 Å². The molecule has 0 bridgehead atoms. The minimum absolute atomic E-state index is 0.368. The summed E-state index contributed by atoms with van der Waals surface area (Å²) in [7, 11) is 0. The maximum atomic E-state index is 12.6. The van der Waals surface area contributed by atoms with Crippen LogP contribution in [0.4, 0.5) is 13.2 Å². The van der Waals surface area contributed by atoms with Gasteiger partial charge in [0.1, 0.15) is 5.92 Å². The molecule has 0 spiro atoms. The standard InChI is InChI=1S/C11H18F3N3O/c12-11(13,14)9(10(15)17-18)7-16-6-5-8-3-1-2-4-8/h3,9,16,18H,1-2,4-7H2,(H2,15,17). The van der Waals surface area contributed by atoms with Crippen molar-refractivity contribution in [3.05, 3.63) is 11.6 Å². The number of nitrogens with zero attached hydrogens (tertiary/aromatic N) is 1. The van der Waals surface area contributed by atoms with E-state index < -0.39 is 17.9 Å². The number of allylic oxidation sites excluding steroid dienone is 1. The molecule has 7 heteroatoms. The molecule has 18 heavy (non-hydrogen) atoms. The fourth-order valence-corrected chi connectivity index (χ4v) is 1.92. The zero-order valence-electron chi connectivity index (χ0n) is 10.0. The molecule has 1 rings (SSSR count). The molecule has 0 radical (unpaired) electrons. The van der Waals surface area contributed by atoms with E-state index >= 15 is 0 Å². The van der Waals surface area contributed by atoms with Gasteiger partial charge in [-0.1, -0.05) is 16.8 Å². The second-order valence-corrected chi connectivity index (χ2v) is 4.33.